The Labute approximate surface area is 106 Å². The predicted molar refractivity (Wildman–Crippen MR) is 67.7 cm³/mol. The highest BCUT2D eigenvalue weighted by atomic mass is 19.1. The molecular formula is C14H17FN2O. The van der Waals surface area contributed by atoms with E-state index in [1.165, 1.54) is 12.1 Å². The highest BCUT2D eigenvalue weighted by molar-refractivity contribution is 5.28. The van der Waals surface area contributed by atoms with Crippen molar-refractivity contribution in [3.63, 3.8) is 0 Å². The summed E-state index contributed by atoms with van der Waals surface area (Å²) in [7, 11) is 1.89. The van der Waals surface area contributed by atoms with Gasteiger partial charge in [0.15, 0.2) is 0 Å². The smallest absolute Gasteiger partial charge is 0.123 e. The van der Waals surface area contributed by atoms with Gasteiger partial charge in [0.2, 0.25) is 0 Å². The molecule has 1 aromatic carbocycles. The minimum atomic E-state index is -0.632. The van der Waals surface area contributed by atoms with Crippen LogP contribution >= 0.6 is 0 Å². The Kier molecular flexibility index (Phi) is 3.48. The van der Waals surface area contributed by atoms with Gasteiger partial charge < -0.3 is 5.11 Å². The lowest BCUT2D eigenvalue weighted by molar-refractivity contribution is 0.178. The summed E-state index contributed by atoms with van der Waals surface area (Å²) in [4.78, 5) is 0. The number of aliphatic hydroxyl groups excluding tert-OH is 1. The van der Waals surface area contributed by atoms with Crippen LogP contribution in [0.4, 0.5) is 4.39 Å². The largest absolute Gasteiger partial charge is 0.388 e. The lowest BCUT2D eigenvalue weighted by Gasteiger charge is -2.11. The number of aliphatic hydroxyl groups is 1. The maximum atomic E-state index is 12.8. The topological polar surface area (TPSA) is 38.0 Å². The van der Waals surface area contributed by atoms with Crippen molar-refractivity contribution in [2.24, 2.45) is 7.05 Å². The second-order valence-electron chi connectivity index (χ2n) is 4.54. The fourth-order valence-corrected chi connectivity index (χ4v) is 2.11. The Balaban J connectivity index is 2.21. The van der Waals surface area contributed by atoms with E-state index in [4.69, 9.17) is 0 Å². The van der Waals surface area contributed by atoms with Crippen molar-refractivity contribution in [2.45, 2.75) is 26.4 Å². The van der Waals surface area contributed by atoms with Crippen molar-refractivity contribution in [1.82, 2.24) is 9.78 Å². The van der Waals surface area contributed by atoms with Crippen molar-refractivity contribution < 1.29 is 9.50 Å². The summed E-state index contributed by atoms with van der Waals surface area (Å²) >= 11 is 0. The van der Waals surface area contributed by atoms with Gasteiger partial charge in [-0.1, -0.05) is 12.1 Å². The normalized spacial score (nSPS) is 12.7. The van der Waals surface area contributed by atoms with Gasteiger partial charge in [0, 0.05) is 19.2 Å². The average Bonchev–Trinajstić information content (AvgIpc) is 2.57. The molecule has 0 saturated heterocycles. The Morgan fingerprint density at radius 3 is 2.39 bits per heavy atom. The van der Waals surface area contributed by atoms with E-state index in [0.717, 1.165) is 22.5 Å². The van der Waals surface area contributed by atoms with Gasteiger partial charge in [-0.3, -0.25) is 4.68 Å². The fourth-order valence-electron chi connectivity index (χ4n) is 2.11. The van der Waals surface area contributed by atoms with Crippen LogP contribution in [-0.4, -0.2) is 14.9 Å². The Morgan fingerprint density at radius 1 is 1.28 bits per heavy atom. The van der Waals surface area contributed by atoms with E-state index in [1.54, 1.807) is 12.1 Å². The van der Waals surface area contributed by atoms with Gasteiger partial charge in [-0.25, -0.2) is 4.39 Å². The maximum absolute atomic E-state index is 12.8. The highest BCUT2D eigenvalue weighted by Gasteiger charge is 2.15. The van der Waals surface area contributed by atoms with E-state index >= 15 is 0 Å². The molecule has 2 rings (SSSR count). The first kappa shape index (κ1) is 12.8. The molecule has 1 N–H and O–H groups in total. The SMILES string of the molecule is Cc1nn(C)c(C)c1CC(O)c1ccc(F)cc1. The molecule has 1 atom stereocenters. The van der Waals surface area contributed by atoms with Gasteiger partial charge in [-0.2, -0.15) is 5.10 Å². The minimum absolute atomic E-state index is 0.292. The van der Waals surface area contributed by atoms with Gasteiger partial charge in [0.25, 0.3) is 0 Å². The van der Waals surface area contributed by atoms with E-state index in [0.29, 0.717) is 6.42 Å². The van der Waals surface area contributed by atoms with E-state index in [-0.39, 0.29) is 5.82 Å². The summed E-state index contributed by atoms with van der Waals surface area (Å²) < 4.78 is 14.6. The second-order valence-corrected chi connectivity index (χ2v) is 4.54. The summed E-state index contributed by atoms with van der Waals surface area (Å²) in [6, 6.07) is 5.95. The molecule has 0 radical (unpaired) electrons. The molecule has 2 aromatic rings. The average molecular weight is 248 g/mol. The summed E-state index contributed by atoms with van der Waals surface area (Å²) in [5, 5.41) is 14.5. The molecule has 1 heterocycles. The van der Waals surface area contributed by atoms with Crippen LogP contribution in [0.15, 0.2) is 24.3 Å². The molecule has 0 aliphatic heterocycles. The summed E-state index contributed by atoms with van der Waals surface area (Å²) in [6.07, 6.45) is -0.135. The first-order chi connectivity index (χ1) is 8.49. The maximum Gasteiger partial charge on any atom is 0.123 e. The molecule has 0 fully saturated rings. The number of halogens is 1. The fraction of sp³-hybridized carbons (Fsp3) is 0.357. The van der Waals surface area contributed by atoms with Crippen LogP contribution < -0.4 is 0 Å². The molecule has 1 aromatic heterocycles. The Bertz CT molecular complexity index is 546. The number of aryl methyl sites for hydroxylation is 2. The second kappa shape index (κ2) is 4.90. The lowest BCUT2D eigenvalue weighted by atomic mass is 10.0. The quantitative estimate of drug-likeness (QED) is 0.906. The molecule has 0 spiro atoms. The molecule has 0 aliphatic carbocycles. The standard InChI is InChI=1S/C14H17FN2O/c1-9-13(10(2)17(3)16-9)8-14(18)11-4-6-12(15)7-5-11/h4-7,14,18H,8H2,1-3H3. The zero-order valence-corrected chi connectivity index (χ0v) is 10.8. The van der Waals surface area contributed by atoms with Crippen LogP contribution in [0.2, 0.25) is 0 Å². The molecule has 4 heteroatoms. The van der Waals surface area contributed by atoms with Crippen LogP contribution in [-0.2, 0) is 13.5 Å². The Morgan fingerprint density at radius 2 is 1.89 bits per heavy atom. The molecular weight excluding hydrogens is 231 g/mol. The van der Waals surface area contributed by atoms with E-state index in [2.05, 4.69) is 5.10 Å². The first-order valence-corrected chi connectivity index (χ1v) is 5.91. The minimum Gasteiger partial charge on any atom is -0.388 e. The third-order valence-corrected chi connectivity index (χ3v) is 3.31. The Hall–Kier alpha value is -1.68. The number of hydrogen-bond acceptors (Lipinski definition) is 2. The summed E-state index contributed by atoms with van der Waals surface area (Å²) in [6.45, 7) is 3.91. The number of rotatable bonds is 3. The van der Waals surface area contributed by atoms with Crippen molar-refractivity contribution in [1.29, 1.82) is 0 Å². The number of benzene rings is 1. The van der Waals surface area contributed by atoms with Crippen LogP contribution in [0.5, 0.6) is 0 Å². The van der Waals surface area contributed by atoms with Crippen LogP contribution in [0.1, 0.15) is 28.6 Å². The zero-order valence-electron chi connectivity index (χ0n) is 10.8. The summed E-state index contributed by atoms with van der Waals surface area (Å²) in [5.74, 6) is -0.292. The van der Waals surface area contributed by atoms with E-state index in [9.17, 15) is 9.50 Å². The van der Waals surface area contributed by atoms with Gasteiger partial charge in [-0.15, -0.1) is 0 Å². The molecule has 96 valence electrons. The van der Waals surface area contributed by atoms with Gasteiger partial charge in [-0.05, 0) is 37.1 Å². The van der Waals surface area contributed by atoms with Gasteiger partial charge in [0.05, 0.1) is 11.8 Å². The predicted octanol–water partition coefficient (Wildman–Crippen LogP) is 2.45. The molecule has 0 saturated carbocycles. The molecule has 0 bridgehead atoms. The van der Waals surface area contributed by atoms with Crippen molar-refractivity contribution >= 4 is 0 Å². The van der Waals surface area contributed by atoms with Crippen LogP contribution in [0.3, 0.4) is 0 Å². The third-order valence-electron chi connectivity index (χ3n) is 3.31. The van der Waals surface area contributed by atoms with Crippen LogP contribution in [0.25, 0.3) is 0 Å². The first-order valence-electron chi connectivity index (χ1n) is 5.91. The number of aromatic nitrogens is 2. The number of hydrogen-bond donors (Lipinski definition) is 1. The third kappa shape index (κ3) is 2.43. The van der Waals surface area contributed by atoms with Gasteiger partial charge >= 0.3 is 0 Å². The molecule has 3 nitrogen and oxygen atoms in total. The molecule has 0 aliphatic rings. The monoisotopic (exact) mass is 248 g/mol. The number of nitrogens with zero attached hydrogens (tertiary/aromatic N) is 2. The van der Waals surface area contributed by atoms with Crippen LogP contribution in [0, 0.1) is 19.7 Å². The molecule has 18 heavy (non-hydrogen) atoms. The van der Waals surface area contributed by atoms with E-state index in [1.807, 2.05) is 25.6 Å². The highest BCUT2D eigenvalue weighted by Crippen LogP contribution is 2.22. The molecule has 1 unspecified atom stereocenters. The van der Waals surface area contributed by atoms with Crippen molar-refractivity contribution in [3.8, 4) is 0 Å². The van der Waals surface area contributed by atoms with Gasteiger partial charge in [0.1, 0.15) is 5.82 Å². The van der Waals surface area contributed by atoms with Crippen molar-refractivity contribution in [2.75, 3.05) is 0 Å². The van der Waals surface area contributed by atoms with E-state index < -0.39 is 6.10 Å². The molecule has 0 amide bonds. The van der Waals surface area contributed by atoms with Crippen molar-refractivity contribution in [3.05, 3.63) is 52.6 Å². The summed E-state index contributed by atoms with van der Waals surface area (Å²) in [5.41, 5.74) is 3.75. The zero-order chi connectivity index (χ0) is 13.3. The lowest BCUT2D eigenvalue weighted by Crippen LogP contribution is -2.04.